The molecular formula is C77H100N12O10. The van der Waals surface area contributed by atoms with Crippen molar-refractivity contribution in [2.24, 2.45) is 11.8 Å². The predicted octanol–water partition coefficient (Wildman–Crippen LogP) is 4.89. The highest BCUT2D eigenvalue weighted by molar-refractivity contribution is 5.98. The second kappa shape index (κ2) is 39.5. The molecule has 4 aliphatic heterocycles. The Morgan fingerprint density at radius 3 is 1.46 bits per heavy atom. The lowest BCUT2D eigenvalue weighted by Crippen LogP contribution is -2.59. The second-order valence-corrected chi connectivity index (χ2v) is 26.3. The van der Waals surface area contributed by atoms with Gasteiger partial charge in [0.1, 0.15) is 42.0 Å². The standard InChI is InChI=1S/C77H100N12O10/c1-5-62(79-4)72(94)87-70-58(51-81-49-54-28-16-11-17-29-54)39-41-60-43-45-64(89(60)77(70)99)74(96)85-68(56-32-20-13-21-33-56)75(97)83-47-24-35-61(90)34-22-8-6-7-9-23-37-66(92)82-46-25-36-65(91)67(55-30-18-12-19-31-55)84-73(95)63-44-42-59-40-38-57(50-80-48-53-26-14-10-15-27-53)69(76(98)88(59)63)86-71(93)52(2)78-3/h10-21,26-33,52,57-60,62-64,67-70,78-81H,5,22-25,34-51H2,1-4H3,(H,82,92)(H,83,97)(H,84,95)(H,85,96)(H,86,93)(H,87,94)/t52-,57+,58+,59-,60-,62-,63-,64-,67-,68-,69-,70-/m0/s1. The van der Waals surface area contributed by atoms with E-state index in [2.05, 4.69) is 76.8 Å². The first-order valence-corrected chi connectivity index (χ1v) is 35.4. The van der Waals surface area contributed by atoms with E-state index in [0.29, 0.717) is 108 Å². The zero-order valence-electron chi connectivity index (χ0n) is 57.7. The molecule has 4 aromatic rings. The van der Waals surface area contributed by atoms with Gasteiger partial charge in [0, 0.05) is 102 Å². The summed E-state index contributed by atoms with van der Waals surface area (Å²) in [6, 6.07) is 30.7. The van der Waals surface area contributed by atoms with Crippen molar-refractivity contribution in [1.29, 1.82) is 0 Å². The summed E-state index contributed by atoms with van der Waals surface area (Å²) in [5.41, 5.74) is 3.34. The summed E-state index contributed by atoms with van der Waals surface area (Å²) in [5, 5.41) is 30.7. The van der Waals surface area contributed by atoms with Crippen LogP contribution in [0, 0.1) is 35.5 Å². The molecule has 4 aliphatic rings. The fourth-order valence-electron chi connectivity index (χ4n) is 13.8. The van der Waals surface area contributed by atoms with Crippen LogP contribution in [-0.2, 0) is 61.0 Å². The van der Waals surface area contributed by atoms with Crippen LogP contribution in [0.2, 0.25) is 0 Å². The molecule has 0 aliphatic carbocycles. The third-order valence-corrected chi connectivity index (χ3v) is 19.5. The lowest BCUT2D eigenvalue weighted by molar-refractivity contribution is -0.144. The number of carbonyl (C=O) groups excluding carboxylic acids is 10. The number of hydrogen-bond donors (Lipinski definition) is 10. The van der Waals surface area contributed by atoms with Gasteiger partial charge in [-0.15, -0.1) is 0 Å². The first-order valence-electron chi connectivity index (χ1n) is 35.4. The summed E-state index contributed by atoms with van der Waals surface area (Å²) in [7, 11) is 3.39. The van der Waals surface area contributed by atoms with Crippen molar-refractivity contribution in [3.05, 3.63) is 144 Å². The Morgan fingerprint density at radius 2 is 0.960 bits per heavy atom. The average molecular weight is 1350 g/mol. The molecule has 12 atom stereocenters. The van der Waals surface area contributed by atoms with E-state index in [-0.39, 0.29) is 117 Å². The minimum Gasteiger partial charge on any atom is -0.356 e. The number of likely N-dealkylation sites (N-methyl/N-ethyl adjacent to an activating group) is 2. The van der Waals surface area contributed by atoms with Crippen molar-refractivity contribution in [3.63, 3.8) is 0 Å². The second-order valence-electron chi connectivity index (χ2n) is 26.3. The van der Waals surface area contributed by atoms with Crippen LogP contribution in [0.25, 0.3) is 0 Å². The van der Waals surface area contributed by atoms with Gasteiger partial charge in [-0.05, 0) is 126 Å². The zero-order chi connectivity index (χ0) is 70.5. The van der Waals surface area contributed by atoms with E-state index < -0.39 is 66.1 Å². The first kappa shape index (κ1) is 75.7. The van der Waals surface area contributed by atoms with Gasteiger partial charge >= 0.3 is 0 Å². The number of amides is 8. The maximum absolute atomic E-state index is 14.7. The molecule has 528 valence electrons. The molecule has 0 bridgehead atoms. The molecule has 4 heterocycles. The minimum atomic E-state index is -1.08. The number of nitrogens with zero attached hydrogens (tertiary/aromatic N) is 2. The van der Waals surface area contributed by atoms with Gasteiger partial charge in [-0.3, -0.25) is 47.9 Å². The van der Waals surface area contributed by atoms with Crippen LogP contribution >= 0.6 is 0 Å². The largest absolute Gasteiger partial charge is 0.356 e. The monoisotopic (exact) mass is 1350 g/mol. The van der Waals surface area contributed by atoms with E-state index in [9.17, 15) is 47.9 Å². The maximum Gasteiger partial charge on any atom is 0.247 e. The van der Waals surface area contributed by atoms with Crippen LogP contribution in [0.3, 0.4) is 0 Å². The van der Waals surface area contributed by atoms with Crippen molar-refractivity contribution < 1.29 is 47.9 Å². The third-order valence-electron chi connectivity index (χ3n) is 19.5. The fourth-order valence-corrected chi connectivity index (χ4v) is 13.8. The van der Waals surface area contributed by atoms with Gasteiger partial charge in [-0.2, -0.15) is 0 Å². The third kappa shape index (κ3) is 22.2. The van der Waals surface area contributed by atoms with Crippen molar-refractivity contribution >= 4 is 58.8 Å². The van der Waals surface area contributed by atoms with Crippen molar-refractivity contribution in [2.45, 2.75) is 197 Å². The summed E-state index contributed by atoms with van der Waals surface area (Å²) < 4.78 is 0. The van der Waals surface area contributed by atoms with E-state index in [1.165, 1.54) is 0 Å². The first-order chi connectivity index (χ1) is 48.1. The number of rotatable bonds is 35. The Labute approximate surface area is 583 Å². The highest BCUT2D eigenvalue weighted by Crippen LogP contribution is 2.37. The molecule has 0 radical (unpaired) electrons. The molecular weight excluding hydrogens is 1250 g/mol. The molecule has 8 rings (SSSR count). The maximum atomic E-state index is 14.7. The van der Waals surface area contributed by atoms with Gasteiger partial charge in [0.2, 0.25) is 47.3 Å². The van der Waals surface area contributed by atoms with Crippen LogP contribution in [0.5, 0.6) is 0 Å². The Bertz CT molecular complexity index is 3480. The Balaban J connectivity index is 0.741. The number of hydrogen-bond acceptors (Lipinski definition) is 14. The van der Waals surface area contributed by atoms with Gasteiger partial charge in [0.15, 0.2) is 5.78 Å². The SMILES string of the molecule is CC[C@H](NC)C(=O)N[C@@H]1C(=O)N2[C@@H](CC[C@@H]1CNCc1ccccc1)CC[C@H]2C(=O)N[C@H](C(=O)NCCCC(=O)CCC#CC#CCCC(=O)NCCCC(=O)[C@@H](NC(=O)[C@@H]1CC[C@@H]2CC[C@H](CNCc3ccccc3)[C@H](NC(=O)[C@H](C)NC)C(=O)N21)c1ccccc1)c1ccccc1. The Kier molecular flexibility index (Phi) is 30.2. The predicted molar refractivity (Wildman–Crippen MR) is 378 cm³/mol. The van der Waals surface area contributed by atoms with Crippen molar-refractivity contribution in [2.75, 3.05) is 40.3 Å². The molecule has 10 N–H and O–H groups in total. The van der Waals surface area contributed by atoms with E-state index in [1.807, 2.05) is 79.7 Å². The molecule has 4 aromatic carbocycles. The summed E-state index contributed by atoms with van der Waals surface area (Å²) in [4.78, 5) is 142. The lowest BCUT2D eigenvalue weighted by Gasteiger charge is -2.33. The number of benzene rings is 4. The molecule has 4 fully saturated rings. The summed E-state index contributed by atoms with van der Waals surface area (Å²) in [5.74, 6) is 7.68. The Morgan fingerprint density at radius 1 is 0.505 bits per heavy atom. The number of nitrogens with one attached hydrogen (secondary N) is 10. The summed E-state index contributed by atoms with van der Waals surface area (Å²) >= 11 is 0. The van der Waals surface area contributed by atoms with Gasteiger partial charge in [0.25, 0.3) is 0 Å². The molecule has 99 heavy (non-hydrogen) atoms. The van der Waals surface area contributed by atoms with E-state index >= 15 is 0 Å². The van der Waals surface area contributed by atoms with E-state index in [1.54, 1.807) is 79.3 Å². The zero-order valence-corrected chi connectivity index (χ0v) is 57.7. The van der Waals surface area contributed by atoms with Gasteiger partial charge in [-0.25, -0.2) is 0 Å². The molecule has 8 amide bonds. The minimum absolute atomic E-state index is 0.0430. The number of fused-ring (bicyclic) bond motifs is 2. The molecule has 0 aromatic heterocycles. The fraction of sp³-hybridized carbons (Fsp3) is 0.506. The molecule has 0 saturated carbocycles. The molecule has 4 saturated heterocycles. The lowest BCUT2D eigenvalue weighted by atomic mass is 9.92. The van der Waals surface area contributed by atoms with E-state index in [4.69, 9.17) is 0 Å². The quantitative estimate of drug-likeness (QED) is 0.0217. The Hall–Kier alpha value is -9.06. The van der Waals surface area contributed by atoms with Crippen LogP contribution in [-0.4, -0.2) is 157 Å². The number of Topliss-reactive ketones (excluding diaryl/α,β-unsaturated/α-hetero) is 2. The van der Waals surface area contributed by atoms with Crippen molar-refractivity contribution in [3.8, 4) is 23.7 Å². The van der Waals surface area contributed by atoms with Crippen molar-refractivity contribution in [1.82, 2.24) is 63.0 Å². The average Bonchev–Trinajstić information content (AvgIpc) is 1.65. The normalized spacial score (nSPS) is 21.4. The van der Waals surface area contributed by atoms with Gasteiger partial charge in [0.05, 0.1) is 12.1 Å². The molecule has 0 spiro atoms. The topological polar surface area (TPSA) is 297 Å². The van der Waals surface area contributed by atoms with E-state index in [0.717, 1.165) is 11.1 Å². The number of ketones is 2. The van der Waals surface area contributed by atoms with Gasteiger partial charge in [-0.1, -0.05) is 140 Å². The summed E-state index contributed by atoms with van der Waals surface area (Å²) in [6.07, 6.45) is 6.92. The number of carbonyl (C=O) groups is 10. The highest BCUT2D eigenvalue weighted by Gasteiger charge is 2.50. The van der Waals surface area contributed by atoms with Crippen LogP contribution in [0.1, 0.15) is 157 Å². The van der Waals surface area contributed by atoms with Crippen LogP contribution in [0.15, 0.2) is 121 Å². The molecule has 22 heteroatoms. The van der Waals surface area contributed by atoms with Crippen LogP contribution in [0.4, 0.5) is 0 Å². The van der Waals surface area contributed by atoms with Crippen LogP contribution < -0.4 is 53.2 Å². The molecule has 0 unspecified atom stereocenters. The molecule has 22 nitrogen and oxygen atoms in total. The smallest absolute Gasteiger partial charge is 0.247 e. The highest BCUT2D eigenvalue weighted by atomic mass is 16.2. The van der Waals surface area contributed by atoms with Gasteiger partial charge < -0.3 is 63.0 Å². The summed E-state index contributed by atoms with van der Waals surface area (Å²) in [6.45, 7) is 6.17.